The summed E-state index contributed by atoms with van der Waals surface area (Å²) in [5, 5.41) is 0. The van der Waals surface area contributed by atoms with Crippen molar-refractivity contribution in [1.82, 2.24) is 0 Å². The number of hydrogen-bond acceptors (Lipinski definition) is 0. The van der Waals surface area contributed by atoms with Crippen molar-refractivity contribution >= 4 is 22.5 Å². The van der Waals surface area contributed by atoms with Crippen LogP contribution in [0.3, 0.4) is 0 Å². The van der Waals surface area contributed by atoms with E-state index in [4.69, 9.17) is 0 Å². The van der Waals surface area contributed by atoms with E-state index in [9.17, 15) is 0 Å². The molecule has 1 heteroatoms. The van der Waals surface area contributed by atoms with Crippen LogP contribution in [0.4, 0.5) is 0 Å². The van der Waals surface area contributed by atoms with E-state index in [0.29, 0.717) is 0 Å². The third-order valence-electron chi connectivity index (χ3n) is 2.56. The van der Waals surface area contributed by atoms with Crippen molar-refractivity contribution < 1.29 is 0 Å². The van der Waals surface area contributed by atoms with Gasteiger partial charge in [0, 0.05) is 0 Å². The maximum absolute atomic E-state index is 2.32. The molecule has 0 atom stereocenters. The van der Waals surface area contributed by atoms with Gasteiger partial charge in [0.25, 0.3) is 0 Å². The molecule has 0 aliphatic rings. The van der Waals surface area contributed by atoms with Crippen LogP contribution in [0.1, 0.15) is 40.0 Å². The van der Waals surface area contributed by atoms with Crippen LogP contribution in [0.5, 0.6) is 0 Å². The van der Waals surface area contributed by atoms with Crippen molar-refractivity contribution in [1.29, 1.82) is 0 Å². The summed E-state index contributed by atoms with van der Waals surface area (Å²) in [6, 6.07) is 0. The maximum atomic E-state index is 2.32. The molecule has 0 aliphatic carbocycles. The molecule has 0 unspecified atom stereocenters. The van der Waals surface area contributed by atoms with Gasteiger partial charge in [-0.15, -0.1) is 0 Å². The van der Waals surface area contributed by atoms with E-state index in [2.05, 4.69) is 20.8 Å². The van der Waals surface area contributed by atoms with Gasteiger partial charge in [0.05, 0.1) is 0 Å². The Labute approximate surface area is 66.1 Å². The second-order valence-electron chi connectivity index (χ2n) is 2.87. The third kappa shape index (κ3) is 2.38. The van der Waals surface area contributed by atoms with Crippen molar-refractivity contribution in [2.75, 3.05) is 0 Å². The zero-order valence-corrected chi connectivity index (χ0v) is 12.3. The molecule has 0 N–H and O–H groups in total. The van der Waals surface area contributed by atoms with Crippen LogP contribution in [-0.4, -0.2) is 22.5 Å². The van der Waals surface area contributed by atoms with Gasteiger partial charge in [-0.05, 0) is 0 Å². The molecule has 0 saturated carbocycles. The van der Waals surface area contributed by atoms with E-state index in [0.717, 1.165) is 26.0 Å². The van der Waals surface area contributed by atoms with Gasteiger partial charge in [0.15, 0.2) is 0 Å². The zero-order valence-electron chi connectivity index (χ0n) is 6.62. The van der Waals surface area contributed by atoms with Crippen LogP contribution in [0.2, 0.25) is 3.43 Å². The molecule has 8 heavy (non-hydrogen) atoms. The Morgan fingerprint density at radius 2 is 1.25 bits per heavy atom. The van der Waals surface area contributed by atoms with Crippen molar-refractivity contribution in [2.24, 2.45) is 0 Å². The molecule has 50 valence electrons. The summed E-state index contributed by atoms with van der Waals surface area (Å²) in [5.41, 5.74) is 0. The summed E-state index contributed by atoms with van der Waals surface area (Å²) < 4.78 is 0.835. The molecular formula is C7H18Sn. The molecule has 0 nitrogen and oxygen atoms in total. The van der Waals surface area contributed by atoms with Crippen LogP contribution in [0.15, 0.2) is 0 Å². The van der Waals surface area contributed by atoms with E-state index in [1.807, 2.05) is 0 Å². The van der Waals surface area contributed by atoms with Gasteiger partial charge < -0.3 is 0 Å². The van der Waals surface area contributed by atoms with E-state index >= 15 is 0 Å². The van der Waals surface area contributed by atoms with Crippen LogP contribution in [0.25, 0.3) is 0 Å². The molecule has 0 aromatic rings. The molecule has 0 heterocycles. The quantitative estimate of drug-likeness (QED) is 0.636. The average molecular weight is 221 g/mol. The molecule has 0 fully saturated rings. The second kappa shape index (κ2) is 3.75. The van der Waals surface area contributed by atoms with Crippen LogP contribution >= 0.6 is 0 Å². The first-order valence-corrected chi connectivity index (χ1v) is 6.54. The van der Waals surface area contributed by atoms with E-state index in [1.54, 1.807) is 0 Å². The Morgan fingerprint density at radius 1 is 1.00 bits per heavy atom. The SMILES string of the molecule is CC[C]([SnH3])(CC)CC. The predicted molar refractivity (Wildman–Crippen MR) is 43.5 cm³/mol. The molecule has 0 saturated heterocycles. The molecule has 0 bridgehead atoms. The summed E-state index contributed by atoms with van der Waals surface area (Å²) in [7, 11) is 0. The standard InChI is InChI=1S/C7H15.Sn.3H/c1-4-7(5-2)6-3;;;;/h4-6H2,1-3H3;;;;. The molecule has 0 amide bonds. The summed E-state index contributed by atoms with van der Waals surface area (Å²) in [4.78, 5) is 0. The monoisotopic (exact) mass is 222 g/mol. The van der Waals surface area contributed by atoms with Crippen LogP contribution < -0.4 is 0 Å². The zero-order chi connectivity index (χ0) is 6.62. The summed E-state index contributed by atoms with van der Waals surface area (Å²) >= 11 is 0.867. The van der Waals surface area contributed by atoms with Gasteiger partial charge in [-0.25, -0.2) is 0 Å². The fourth-order valence-electron chi connectivity index (χ4n) is 0.750. The number of hydrogen-bond donors (Lipinski definition) is 0. The molecule has 0 rings (SSSR count). The summed E-state index contributed by atoms with van der Waals surface area (Å²) in [6.45, 7) is 6.97. The van der Waals surface area contributed by atoms with Crippen LogP contribution in [0, 0.1) is 0 Å². The van der Waals surface area contributed by atoms with Gasteiger partial charge in [-0.1, -0.05) is 0 Å². The van der Waals surface area contributed by atoms with Gasteiger partial charge in [0.1, 0.15) is 0 Å². The Hall–Kier alpha value is 0.799. The Balaban J connectivity index is 3.58. The summed E-state index contributed by atoms with van der Waals surface area (Å²) in [5.74, 6) is 0. The fourth-order valence-corrected chi connectivity index (χ4v) is 0.750. The Bertz CT molecular complexity index is 47.1. The van der Waals surface area contributed by atoms with Gasteiger partial charge in [-0.3, -0.25) is 0 Å². The molecule has 0 aromatic heterocycles. The molecule has 0 spiro atoms. The van der Waals surface area contributed by atoms with E-state index in [-0.39, 0.29) is 0 Å². The van der Waals surface area contributed by atoms with Crippen LogP contribution in [-0.2, 0) is 0 Å². The fraction of sp³-hybridized carbons (Fsp3) is 1.00. The minimum absolute atomic E-state index is 0.835. The van der Waals surface area contributed by atoms with Crippen molar-refractivity contribution in [3.63, 3.8) is 0 Å². The van der Waals surface area contributed by atoms with Crippen molar-refractivity contribution in [3.05, 3.63) is 0 Å². The Morgan fingerprint density at radius 3 is 1.25 bits per heavy atom. The average Bonchev–Trinajstić information content (AvgIpc) is 1.87. The predicted octanol–water partition coefficient (Wildman–Crippen LogP) is 1.74. The molecule has 0 aliphatic heterocycles. The minimum atomic E-state index is 0.835. The van der Waals surface area contributed by atoms with Gasteiger partial charge in [0.2, 0.25) is 0 Å². The normalized spacial score (nSPS) is 12.4. The van der Waals surface area contributed by atoms with Gasteiger partial charge in [-0.2, -0.15) is 0 Å². The second-order valence-corrected chi connectivity index (χ2v) is 8.93. The number of rotatable bonds is 3. The first kappa shape index (κ1) is 8.80. The first-order valence-electron chi connectivity index (χ1n) is 3.68. The van der Waals surface area contributed by atoms with E-state index in [1.165, 1.54) is 19.3 Å². The Kier molecular flexibility index (Phi) is 4.13. The third-order valence-corrected chi connectivity index (χ3v) is 8.62. The van der Waals surface area contributed by atoms with E-state index < -0.39 is 0 Å². The van der Waals surface area contributed by atoms with Crippen molar-refractivity contribution in [3.8, 4) is 0 Å². The summed E-state index contributed by atoms with van der Waals surface area (Å²) in [6.07, 6.45) is 4.24. The van der Waals surface area contributed by atoms with Crippen molar-refractivity contribution in [2.45, 2.75) is 43.5 Å². The molecule has 0 aromatic carbocycles. The first-order chi connectivity index (χ1) is 3.68. The molecule has 0 radical (unpaired) electrons. The molecular weight excluding hydrogens is 203 g/mol. The van der Waals surface area contributed by atoms with Gasteiger partial charge >= 0.3 is 66.0 Å². The topological polar surface area (TPSA) is 0 Å².